The van der Waals surface area contributed by atoms with Gasteiger partial charge in [-0.1, -0.05) is 6.07 Å². The molecule has 1 N–H and O–H groups in total. The van der Waals surface area contributed by atoms with Crippen molar-refractivity contribution >= 4 is 0 Å². The lowest BCUT2D eigenvalue weighted by Crippen LogP contribution is -2.12. The van der Waals surface area contributed by atoms with E-state index in [-0.39, 0.29) is 6.04 Å². The van der Waals surface area contributed by atoms with Crippen LogP contribution >= 0.6 is 0 Å². The van der Waals surface area contributed by atoms with Gasteiger partial charge in [-0.2, -0.15) is 0 Å². The van der Waals surface area contributed by atoms with E-state index in [1.165, 1.54) is 5.56 Å². The summed E-state index contributed by atoms with van der Waals surface area (Å²) in [6.45, 7) is 4.62. The molecule has 0 saturated carbocycles. The summed E-state index contributed by atoms with van der Waals surface area (Å²) in [7, 11) is 5.26. The van der Waals surface area contributed by atoms with Gasteiger partial charge in [-0.05, 0) is 31.7 Å². The quantitative estimate of drug-likeness (QED) is 0.636. The molecule has 0 heterocycles. The third-order valence-electron chi connectivity index (χ3n) is 3.24. The number of rotatable bonds is 11. The summed E-state index contributed by atoms with van der Waals surface area (Å²) >= 11 is 0. The second kappa shape index (κ2) is 10.4. The number of hydrogen-bond acceptors (Lipinski definition) is 5. The summed E-state index contributed by atoms with van der Waals surface area (Å²) in [4.78, 5) is 0. The molecule has 0 spiro atoms. The first-order valence-corrected chi connectivity index (χ1v) is 7.27. The standard InChI is InChI=1S/C16H27NO4/c1-13(17-2)14-6-7-15(16(12-14)19-4)21-9-5-8-20-11-10-18-3/h6-7,12-13,17H,5,8-11H2,1-4H3. The summed E-state index contributed by atoms with van der Waals surface area (Å²) in [6, 6.07) is 6.29. The van der Waals surface area contributed by atoms with E-state index in [2.05, 4.69) is 12.2 Å². The lowest BCUT2D eigenvalue weighted by atomic mass is 10.1. The first-order chi connectivity index (χ1) is 10.2. The van der Waals surface area contributed by atoms with Crippen molar-refractivity contribution in [2.45, 2.75) is 19.4 Å². The van der Waals surface area contributed by atoms with E-state index in [9.17, 15) is 0 Å². The van der Waals surface area contributed by atoms with Crippen LogP contribution in [0.5, 0.6) is 11.5 Å². The Kier molecular flexibility index (Phi) is 8.82. The third kappa shape index (κ3) is 6.33. The van der Waals surface area contributed by atoms with Gasteiger partial charge in [-0.3, -0.25) is 0 Å². The highest BCUT2D eigenvalue weighted by Gasteiger charge is 2.09. The molecule has 0 radical (unpaired) electrons. The van der Waals surface area contributed by atoms with Crippen LogP contribution in [0.2, 0.25) is 0 Å². The molecule has 1 atom stereocenters. The first-order valence-electron chi connectivity index (χ1n) is 7.27. The molecule has 5 heteroatoms. The van der Waals surface area contributed by atoms with Gasteiger partial charge in [0.2, 0.25) is 0 Å². The third-order valence-corrected chi connectivity index (χ3v) is 3.24. The first kappa shape index (κ1) is 17.8. The zero-order chi connectivity index (χ0) is 15.5. The maximum absolute atomic E-state index is 5.75. The zero-order valence-corrected chi connectivity index (χ0v) is 13.5. The van der Waals surface area contributed by atoms with Gasteiger partial charge in [0.1, 0.15) is 0 Å². The summed E-state index contributed by atoms with van der Waals surface area (Å²) in [5.74, 6) is 1.52. The van der Waals surface area contributed by atoms with Gasteiger partial charge in [0.15, 0.2) is 11.5 Å². The minimum absolute atomic E-state index is 0.280. The predicted octanol–water partition coefficient (Wildman–Crippen LogP) is 2.41. The Balaban J connectivity index is 2.40. The summed E-state index contributed by atoms with van der Waals surface area (Å²) in [5, 5.41) is 3.21. The Morgan fingerprint density at radius 3 is 2.52 bits per heavy atom. The van der Waals surface area contributed by atoms with E-state index >= 15 is 0 Å². The lowest BCUT2D eigenvalue weighted by Gasteiger charge is -2.15. The molecule has 0 saturated heterocycles. The van der Waals surface area contributed by atoms with E-state index < -0.39 is 0 Å². The second-order valence-corrected chi connectivity index (χ2v) is 4.73. The maximum Gasteiger partial charge on any atom is 0.161 e. The van der Waals surface area contributed by atoms with E-state index in [4.69, 9.17) is 18.9 Å². The summed E-state index contributed by atoms with van der Waals surface area (Å²) in [6.07, 6.45) is 0.835. The zero-order valence-electron chi connectivity index (χ0n) is 13.5. The molecular weight excluding hydrogens is 270 g/mol. The fraction of sp³-hybridized carbons (Fsp3) is 0.625. The second-order valence-electron chi connectivity index (χ2n) is 4.73. The Labute approximate surface area is 127 Å². The lowest BCUT2D eigenvalue weighted by molar-refractivity contribution is 0.0643. The molecule has 1 rings (SSSR count). The van der Waals surface area contributed by atoms with Crippen molar-refractivity contribution in [1.29, 1.82) is 0 Å². The molecule has 0 aromatic heterocycles. The SMILES string of the molecule is CNC(C)c1ccc(OCCCOCCOC)c(OC)c1. The van der Waals surface area contributed by atoms with E-state index in [0.717, 1.165) is 17.9 Å². The van der Waals surface area contributed by atoms with Crippen LogP contribution in [0.15, 0.2) is 18.2 Å². The highest BCUT2D eigenvalue weighted by atomic mass is 16.5. The van der Waals surface area contributed by atoms with Crippen LogP contribution in [-0.2, 0) is 9.47 Å². The molecule has 0 bridgehead atoms. The van der Waals surface area contributed by atoms with Gasteiger partial charge in [0.25, 0.3) is 0 Å². The molecule has 5 nitrogen and oxygen atoms in total. The highest BCUT2D eigenvalue weighted by molar-refractivity contribution is 5.43. The largest absolute Gasteiger partial charge is 0.493 e. The van der Waals surface area contributed by atoms with Gasteiger partial charge in [0.05, 0.1) is 26.9 Å². The normalized spacial score (nSPS) is 12.2. The van der Waals surface area contributed by atoms with Gasteiger partial charge < -0.3 is 24.3 Å². The van der Waals surface area contributed by atoms with E-state index in [0.29, 0.717) is 26.4 Å². The van der Waals surface area contributed by atoms with Crippen molar-refractivity contribution in [1.82, 2.24) is 5.32 Å². The number of hydrogen-bond donors (Lipinski definition) is 1. The average Bonchev–Trinajstić information content (AvgIpc) is 2.53. The van der Waals surface area contributed by atoms with Crippen molar-refractivity contribution in [3.63, 3.8) is 0 Å². The summed E-state index contributed by atoms with van der Waals surface area (Å²) < 4.78 is 21.4. The van der Waals surface area contributed by atoms with Crippen LogP contribution in [0.3, 0.4) is 0 Å². The van der Waals surface area contributed by atoms with Gasteiger partial charge in [0, 0.05) is 26.2 Å². The molecule has 120 valence electrons. The Morgan fingerprint density at radius 1 is 1.05 bits per heavy atom. The van der Waals surface area contributed by atoms with Crippen molar-refractivity contribution in [2.24, 2.45) is 0 Å². The number of nitrogens with one attached hydrogen (secondary N) is 1. The van der Waals surface area contributed by atoms with E-state index in [1.807, 2.05) is 25.2 Å². The molecule has 1 unspecified atom stereocenters. The highest BCUT2D eigenvalue weighted by Crippen LogP contribution is 2.30. The Bertz CT molecular complexity index is 398. The Hall–Kier alpha value is -1.30. The van der Waals surface area contributed by atoms with Gasteiger partial charge >= 0.3 is 0 Å². The molecule has 1 aromatic rings. The molecule has 0 aliphatic carbocycles. The number of benzene rings is 1. The molecule has 0 aliphatic rings. The van der Waals surface area contributed by atoms with Gasteiger partial charge in [-0.25, -0.2) is 0 Å². The van der Waals surface area contributed by atoms with Crippen LogP contribution in [0.1, 0.15) is 24.9 Å². The minimum atomic E-state index is 0.280. The Morgan fingerprint density at radius 2 is 1.86 bits per heavy atom. The molecule has 1 aromatic carbocycles. The van der Waals surface area contributed by atoms with E-state index in [1.54, 1.807) is 14.2 Å². The number of ether oxygens (including phenoxy) is 4. The monoisotopic (exact) mass is 297 g/mol. The van der Waals surface area contributed by atoms with Crippen LogP contribution < -0.4 is 14.8 Å². The topological polar surface area (TPSA) is 49.0 Å². The number of methoxy groups -OCH3 is 2. The van der Waals surface area contributed by atoms with Crippen LogP contribution in [0, 0.1) is 0 Å². The van der Waals surface area contributed by atoms with Crippen LogP contribution in [0.25, 0.3) is 0 Å². The molecule has 21 heavy (non-hydrogen) atoms. The molecule has 0 amide bonds. The molecule has 0 fully saturated rings. The average molecular weight is 297 g/mol. The maximum atomic E-state index is 5.75. The van der Waals surface area contributed by atoms with Gasteiger partial charge in [-0.15, -0.1) is 0 Å². The fourth-order valence-electron chi connectivity index (χ4n) is 1.83. The smallest absolute Gasteiger partial charge is 0.161 e. The van der Waals surface area contributed by atoms with Crippen molar-refractivity contribution in [3.8, 4) is 11.5 Å². The van der Waals surface area contributed by atoms with Crippen molar-refractivity contribution < 1.29 is 18.9 Å². The van der Waals surface area contributed by atoms with Crippen molar-refractivity contribution in [2.75, 3.05) is 47.7 Å². The van der Waals surface area contributed by atoms with Crippen LogP contribution in [0.4, 0.5) is 0 Å². The molecule has 0 aliphatic heterocycles. The minimum Gasteiger partial charge on any atom is -0.493 e. The van der Waals surface area contributed by atoms with Crippen LogP contribution in [-0.4, -0.2) is 47.7 Å². The predicted molar refractivity (Wildman–Crippen MR) is 83.3 cm³/mol. The fourth-order valence-corrected chi connectivity index (χ4v) is 1.83. The van der Waals surface area contributed by atoms with Crippen molar-refractivity contribution in [3.05, 3.63) is 23.8 Å². The summed E-state index contributed by atoms with van der Waals surface area (Å²) in [5.41, 5.74) is 1.17. The molecular formula is C16H27NO4.